The summed E-state index contributed by atoms with van der Waals surface area (Å²) in [6.45, 7) is 7.65. The van der Waals surface area contributed by atoms with Gasteiger partial charge in [0, 0.05) is 26.2 Å². The van der Waals surface area contributed by atoms with Gasteiger partial charge in [0.1, 0.15) is 0 Å². The molecule has 3 nitrogen and oxygen atoms in total. The second-order valence-electron chi connectivity index (χ2n) is 6.77. The summed E-state index contributed by atoms with van der Waals surface area (Å²) in [4.78, 5) is 2.57. The van der Waals surface area contributed by atoms with E-state index in [0.29, 0.717) is 0 Å². The number of ether oxygens (including phenoxy) is 1. The van der Waals surface area contributed by atoms with Gasteiger partial charge in [0.15, 0.2) is 0 Å². The first-order valence-electron chi connectivity index (χ1n) is 7.56. The lowest BCUT2D eigenvalue weighted by Gasteiger charge is -2.43. The summed E-state index contributed by atoms with van der Waals surface area (Å²) in [6.07, 6.45) is 7.17. The highest BCUT2D eigenvalue weighted by Crippen LogP contribution is 2.36. The summed E-state index contributed by atoms with van der Waals surface area (Å²) in [5, 5.41) is 0. The van der Waals surface area contributed by atoms with Crippen molar-refractivity contribution in [3.8, 4) is 0 Å². The molecule has 3 unspecified atom stereocenters. The van der Waals surface area contributed by atoms with Crippen LogP contribution in [0.4, 0.5) is 0 Å². The van der Waals surface area contributed by atoms with E-state index in [2.05, 4.69) is 18.7 Å². The summed E-state index contributed by atoms with van der Waals surface area (Å²) < 4.78 is 5.50. The Morgan fingerprint density at radius 1 is 1.22 bits per heavy atom. The molecule has 1 aliphatic carbocycles. The molecule has 1 heterocycles. The van der Waals surface area contributed by atoms with Crippen LogP contribution in [-0.4, -0.2) is 43.3 Å². The number of piperidine rings is 1. The first-order valence-corrected chi connectivity index (χ1v) is 7.56. The maximum atomic E-state index is 6.29. The lowest BCUT2D eigenvalue weighted by atomic mass is 9.75. The van der Waals surface area contributed by atoms with E-state index in [1.54, 1.807) is 7.11 Å². The topological polar surface area (TPSA) is 38.5 Å². The highest BCUT2D eigenvalue weighted by molar-refractivity contribution is 4.89. The van der Waals surface area contributed by atoms with E-state index in [1.165, 1.54) is 45.2 Å². The van der Waals surface area contributed by atoms with Crippen molar-refractivity contribution in [2.75, 3.05) is 26.7 Å². The van der Waals surface area contributed by atoms with Gasteiger partial charge in [-0.05, 0) is 45.1 Å². The van der Waals surface area contributed by atoms with E-state index in [-0.39, 0.29) is 11.6 Å². The number of fused-ring (bicyclic) bond motifs is 1. The Kier molecular flexibility index (Phi) is 4.68. The van der Waals surface area contributed by atoms with Crippen molar-refractivity contribution < 1.29 is 4.74 Å². The lowest BCUT2D eigenvalue weighted by Crippen LogP contribution is -2.54. The Hall–Kier alpha value is -0.120. The van der Waals surface area contributed by atoms with Gasteiger partial charge in [0.2, 0.25) is 0 Å². The van der Waals surface area contributed by atoms with Gasteiger partial charge in [-0.1, -0.05) is 19.3 Å². The van der Waals surface area contributed by atoms with Gasteiger partial charge in [-0.3, -0.25) is 0 Å². The van der Waals surface area contributed by atoms with Crippen LogP contribution < -0.4 is 5.73 Å². The van der Waals surface area contributed by atoms with Crippen molar-refractivity contribution >= 4 is 0 Å². The summed E-state index contributed by atoms with van der Waals surface area (Å²) in [7, 11) is 1.76. The van der Waals surface area contributed by atoms with Crippen molar-refractivity contribution in [2.45, 2.75) is 57.6 Å². The maximum absolute atomic E-state index is 6.29. The van der Waals surface area contributed by atoms with Crippen LogP contribution in [0.15, 0.2) is 0 Å². The Morgan fingerprint density at radius 2 is 1.89 bits per heavy atom. The average Bonchev–Trinajstić information content (AvgIpc) is 2.38. The van der Waals surface area contributed by atoms with Crippen LogP contribution in [0.5, 0.6) is 0 Å². The van der Waals surface area contributed by atoms with Crippen LogP contribution in [0, 0.1) is 11.8 Å². The zero-order chi connectivity index (χ0) is 13.2. The molecule has 1 saturated heterocycles. The minimum absolute atomic E-state index is 0.0997. The number of hydrogen-bond acceptors (Lipinski definition) is 3. The quantitative estimate of drug-likeness (QED) is 0.836. The molecule has 0 aromatic heterocycles. The number of nitrogens with zero attached hydrogens (tertiary/aromatic N) is 1. The van der Waals surface area contributed by atoms with Gasteiger partial charge in [-0.15, -0.1) is 0 Å². The Labute approximate surface area is 112 Å². The first kappa shape index (κ1) is 14.3. The number of nitrogens with two attached hydrogens (primary N) is 1. The molecule has 0 bridgehead atoms. The molecule has 2 rings (SSSR count). The molecule has 18 heavy (non-hydrogen) atoms. The molecule has 3 heteroatoms. The monoisotopic (exact) mass is 254 g/mol. The fraction of sp³-hybridized carbons (Fsp3) is 1.00. The normalized spacial score (nSPS) is 32.0. The third-order valence-corrected chi connectivity index (χ3v) is 5.25. The van der Waals surface area contributed by atoms with Gasteiger partial charge in [0.05, 0.1) is 5.60 Å². The van der Waals surface area contributed by atoms with Crippen LogP contribution in [0.1, 0.15) is 46.0 Å². The fourth-order valence-electron chi connectivity index (χ4n) is 3.49. The van der Waals surface area contributed by atoms with Crippen LogP contribution in [-0.2, 0) is 4.74 Å². The predicted molar refractivity (Wildman–Crippen MR) is 75.6 cm³/mol. The molecule has 1 saturated carbocycles. The van der Waals surface area contributed by atoms with Crippen LogP contribution >= 0.6 is 0 Å². The first-order chi connectivity index (χ1) is 8.53. The molecule has 106 valence electrons. The number of methoxy groups -OCH3 is 1. The predicted octanol–water partition coefficient (Wildman–Crippen LogP) is 2.25. The van der Waals surface area contributed by atoms with Crippen molar-refractivity contribution in [2.24, 2.45) is 17.6 Å². The van der Waals surface area contributed by atoms with Crippen LogP contribution in [0.25, 0.3) is 0 Å². The van der Waals surface area contributed by atoms with Gasteiger partial charge in [0.25, 0.3) is 0 Å². The Balaban J connectivity index is 1.84. The average molecular weight is 254 g/mol. The molecule has 0 aromatic rings. The summed E-state index contributed by atoms with van der Waals surface area (Å²) in [6, 6.07) is 0.0997. The SMILES string of the molecule is COC(C)(C)C(N)CN1CCC2CCCCC2C1. The van der Waals surface area contributed by atoms with Crippen molar-refractivity contribution in [3.05, 3.63) is 0 Å². The second kappa shape index (κ2) is 5.89. The fourth-order valence-corrected chi connectivity index (χ4v) is 3.49. The third-order valence-electron chi connectivity index (χ3n) is 5.25. The number of likely N-dealkylation sites (tertiary alicyclic amines) is 1. The van der Waals surface area contributed by atoms with Crippen molar-refractivity contribution in [3.63, 3.8) is 0 Å². The summed E-state index contributed by atoms with van der Waals surface area (Å²) in [5.41, 5.74) is 6.08. The number of rotatable bonds is 4. The van der Waals surface area contributed by atoms with E-state index in [1.807, 2.05) is 0 Å². The molecule has 2 fully saturated rings. The van der Waals surface area contributed by atoms with E-state index in [0.717, 1.165) is 18.4 Å². The van der Waals surface area contributed by atoms with Crippen LogP contribution in [0.3, 0.4) is 0 Å². The minimum Gasteiger partial charge on any atom is -0.377 e. The molecule has 0 aromatic carbocycles. The molecule has 2 aliphatic rings. The van der Waals surface area contributed by atoms with Crippen LogP contribution in [0.2, 0.25) is 0 Å². The highest BCUT2D eigenvalue weighted by Gasteiger charge is 2.34. The minimum atomic E-state index is -0.219. The third kappa shape index (κ3) is 3.25. The smallest absolute Gasteiger partial charge is 0.0785 e. The van der Waals surface area contributed by atoms with Crippen molar-refractivity contribution in [1.82, 2.24) is 4.90 Å². The highest BCUT2D eigenvalue weighted by atomic mass is 16.5. The Bertz CT molecular complexity index is 267. The second-order valence-corrected chi connectivity index (χ2v) is 6.77. The standard InChI is InChI=1S/C15H30N2O/c1-15(2,18-3)14(16)11-17-9-8-12-6-4-5-7-13(12)10-17/h12-14H,4-11,16H2,1-3H3. The van der Waals surface area contributed by atoms with Gasteiger partial charge < -0.3 is 15.4 Å². The van der Waals surface area contributed by atoms with E-state index in [4.69, 9.17) is 10.5 Å². The van der Waals surface area contributed by atoms with Crippen molar-refractivity contribution in [1.29, 1.82) is 0 Å². The van der Waals surface area contributed by atoms with E-state index >= 15 is 0 Å². The van der Waals surface area contributed by atoms with Gasteiger partial charge in [-0.2, -0.15) is 0 Å². The molecular weight excluding hydrogens is 224 g/mol. The molecule has 0 spiro atoms. The zero-order valence-corrected chi connectivity index (χ0v) is 12.3. The number of hydrogen-bond donors (Lipinski definition) is 1. The Morgan fingerprint density at radius 3 is 2.56 bits per heavy atom. The zero-order valence-electron chi connectivity index (χ0n) is 12.3. The molecule has 1 aliphatic heterocycles. The van der Waals surface area contributed by atoms with Gasteiger partial charge >= 0.3 is 0 Å². The van der Waals surface area contributed by atoms with Gasteiger partial charge in [-0.25, -0.2) is 0 Å². The molecule has 3 atom stereocenters. The van der Waals surface area contributed by atoms with E-state index in [9.17, 15) is 0 Å². The molecular formula is C15H30N2O. The summed E-state index contributed by atoms with van der Waals surface area (Å²) in [5.74, 6) is 1.94. The molecule has 2 N–H and O–H groups in total. The largest absolute Gasteiger partial charge is 0.377 e. The molecule has 0 amide bonds. The van der Waals surface area contributed by atoms with E-state index < -0.39 is 0 Å². The summed E-state index contributed by atoms with van der Waals surface area (Å²) >= 11 is 0. The lowest BCUT2D eigenvalue weighted by molar-refractivity contribution is -0.0165. The molecule has 0 radical (unpaired) electrons. The maximum Gasteiger partial charge on any atom is 0.0785 e.